The van der Waals surface area contributed by atoms with E-state index in [9.17, 15) is 8.42 Å². The van der Waals surface area contributed by atoms with Crippen molar-refractivity contribution in [1.82, 2.24) is 4.72 Å². The first-order valence-electron chi connectivity index (χ1n) is 6.27. The monoisotopic (exact) mass is 331 g/mol. The molecule has 0 bridgehead atoms. The maximum absolute atomic E-state index is 12.2. The Bertz CT molecular complexity index is 498. The summed E-state index contributed by atoms with van der Waals surface area (Å²) in [6, 6.07) is 6.82. The standard InChI is InChI=1S/C13H18BrNO2S/c1-10-4-2-3-5-13(10)15-18(16,17)12-8-6-11(14)7-9-12/h6-10,13,15H,2-5H2,1H3/t10-,13+/m1/s1. The van der Waals surface area contributed by atoms with Gasteiger partial charge in [-0.15, -0.1) is 0 Å². The molecule has 0 spiro atoms. The smallest absolute Gasteiger partial charge is 0.208 e. The number of benzene rings is 1. The average Bonchev–Trinajstić information content (AvgIpc) is 2.32. The lowest BCUT2D eigenvalue weighted by atomic mass is 9.87. The molecule has 1 fully saturated rings. The lowest BCUT2D eigenvalue weighted by molar-refractivity contribution is 0.310. The van der Waals surface area contributed by atoms with Crippen LogP contribution in [0.2, 0.25) is 0 Å². The highest BCUT2D eigenvalue weighted by Crippen LogP contribution is 2.25. The van der Waals surface area contributed by atoms with Gasteiger partial charge in [0.05, 0.1) is 4.90 Å². The molecular weight excluding hydrogens is 314 g/mol. The van der Waals surface area contributed by atoms with Crippen molar-refractivity contribution in [1.29, 1.82) is 0 Å². The summed E-state index contributed by atoms with van der Waals surface area (Å²) >= 11 is 3.31. The van der Waals surface area contributed by atoms with Crippen LogP contribution in [0.25, 0.3) is 0 Å². The zero-order valence-electron chi connectivity index (χ0n) is 10.4. The molecule has 1 N–H and O–H groups in total. The molecule has 0 radical (unpaired) electrons. The van der Waals surface area contributed by atoms with Crippen molar-refractivity contribution in [3.8, 4) is 0 Å². The van der Waals surface area contributed by atoms with Gasteiger partial charge in [0.1, 0.15) is 0 Å². The molecule has 1 aromatic rings. The van der Waals surface area contributed by atoms with Gasteiger partial charge in [-0.25, -0.2) is 13.1 Å². The largest absolute Gasteiger partial charge is 0.240 e. The van der Waals surface area contributed by atoms with Crippen molar-refractivity contribution in [2.45, 2.75) is 43.5 Å². The van der Waals surface area contributed by atoms with Gasteiger partial charge in [-0.3, -0.25) is 0 Å². The second kappa shape index (κ2) is 5.72. The summed E-state index contributed by atoms with van der Waals surface area (Å²) in [6.07, 6.45) is 4.36. The van der Waals surface area contributed by atoms with Crippen LogP contribution >= 0.6 is 15.9 Å². The second-order valence-corrected chi connectivity index (χ2v) is 7.57. The Balaban J connectivity index is 2.13. The minimum atomic E-state index is -3.38. The van der Waals surface area contributed by atoms with E-state index in [1.54, 1.807) is 24.3 Å². The maximum Gasteiger partial charge on any atom is 0.240 e. The van der Waals surface area contributed by atoms with E-state index in [4.69, 9.17) is 0 Å². The van der Waals surface area contributed by atoms with E-state index in [-0.39, 0.29) is 6.04 Å². The predicted molar refractivity (Wildman–Crippen MR) is 75.9 cm³/mol. The number of sulfonamides is 1. The molecule has 1 aliphatic carbocycles. The van der Waals surface area contributed by atoms with Crippen LogP contribution in [-0.2, 0) is 10.0 Å². The SMILES string of the molecule is C[C@@H]1CCCC[C@@H]1NS(=O)(=O)c1ccc(Br)cc1. The van der Waals surface area contributed by atoms with Crippen LogP contribution in [0.4, 0.5) is 0 Å². The molecule has 0 unspecified atom stereocenters. The molecule has 100 valence electrons. The van der Waals surface area contributed by atoms with Crippen LogP contribution in [0.15, 0.2) is 33.6 Å². The molecule has 1 aliphatic rings. The van der Waals surface area contributed by atoms with Crippen LogP contribution in [-0.4, -0.2) is 14.5 Å². The molecule has 0 amide bonds. The molecule has 0 saturated heterocycles. The number of rotatable bonds is 3. The third-order valence-electron chi connectivity index (χ3n) is 3.54. The fraction of sp³-hybridized carbons (Fsp3) is 0.538. The van der Waals surface area contributed by atoms with Crippen LogP contribution < -0.4 is 4.72 Å². The second-order valence-electron chi connectivity index (χ2n) is 4.94. The molecule has 2 atom stereocenters. The topological polar surface area (TPSA) is 46.2 Å². The highest BCUT2D eigenvalue weighted by Gasteiger charge is 2.26. The summed E-state index contributed by atoms with van der Waals surface area (Å²) in [5, 5.41) is 0. The zero-order valence-corrected chi connectivity index (χ0v) is 12.8. The average molecular weight is 332 g/mol. The van der Waals surface area contributed by atoms with E-state index in [0.717, 1.165) is 23.7 Å². The summed E-state index contributed by atoms with van der Waals surface area (Å²) in [5.41, 5.74) is 0. The third kappa shape index (κ3) is 3.33. The van der Waals surface area contributed by atoms with Gasteiger partial charge in [-0.2, -0.15) is 0 Å². The van der Waals surface area contributed by atoms with E-state index in [1.807, 2.05) is 0 Å². The summed E-state index contributed by atoms with van der Waals surface area (Å²) < 4.78 is 28.2. The molecule has 0 aliphatic heterocycles. The van der Waals surface area contributed by atoms with Crippen molar-refractivity contribution in [3.63, 3.8) is 0 Å². The van der Waals surface area contributed by atoms with Gasteiger partial charge in [0.25, 0.3) is 0 Å². The van der Waals surface area contributed by atoms with Crippen molar-refractivity contribution < 1.29 is 8.42 Å². The third-order valence-corrected chi connectivity index (χ3v) is 5.58. The summed E-state index contributed by atoms with van der Waals surface area (Å²) in [4.78, 5) is 0.337. The first-order valence-corrected chi connectivity index (χ1v) is 8.54. The van der Waals surface area contributed by atoms with E-state index in [0.29, 0.717) is 10.8 Å². The number of hydrogen-bond donors (Lipinski definition) is 1. The first kappa shape index (κ1) is 14.0. The van der Waals surface area contributed by atoms with Crippen molar-refractivity contribution in [2.75, 3.05) is 0 Å². The lowest BCUT2D eigenvalue weighted by Crippen LogP contribution is -2.40. The molecule has 18 heavy (non-hydrogen) atoms. The van der Waals surface area contributed by atoms with Gasteiger partial charge in [0.2, 0.25) is 10.0 Å². The van der Waals surface area contributed by atoms with E-state index < -0.39 is 10.0 Å². The Hall–Kier alpha value is -0.390. The van der Waals surface area contributed by atoms with Crippen molar-refractivity contribution >= 4 is 26.0 Å². The summed E-state index contributed by atoms with van der Waals surface area (Å²) in [6.45, 7) is 2.12. The van der Waals surface area contributed by atoms with E-state index >= 15 is 0 Å². The van der Waals surface area contributed by atoms with Gasteiger partial charge in [-0.1, -0.05) is 35.7 Å². The predicted octanol–water partition coefficient (Wildman–Crippen LogP) is 3.31. The molecule has 1 aromatic carbocycles. The Morgan fingerprint density at radius 3 is 2.39 bits per heavy atom. The normalized spacial score (nSPS) is 25.0. The molecule has 2 rings (SSSR count). The van der Waals surface area contributed by atoms with Crippen molar-refractivity contribution in [3.05, 3.63) is 28.7 Å². The number of halogens is 1. The Labute approximate surface area is 117 Å². The van der Waals surface area contributed by atoms with Crippen LogP contribution in [0.5, 0.6) is 0 Å². The highest BCUT2D eigenvalue weighted by molar-refractivity contribution is 9.10. The Morgan fingerprint density at radius 1 is 1.17 bits per heavy atom. The molecule has 0 heterocycles. The first-order chi connectivity index (χ1) is 8.49. The fourth-order valence-corrected chi connectivity index (χ4v) is 4.02. The fourth-order valence-electron chi connectivity index (χ4n) is 2.37. The van der Waals surface area contributed by atoms with Gasteiger partial charge < -0.3 is 0 Å². The quantitative estimate of drug-likeness (QED) is 0.923. The minimum Gasteiger partial charge on any atom is -0.208 e. The molecular formula is C13H18BrNO2S. The van der Waals surface area contributed by atoms with Gasteiger partial charge in [-0.05, 0) is 43.0 Å². The Morgan fingerprint density at radius 2 is 1.78 bits per heavy atom. The molecule has 3 nitrogen and oxygen atoms in total. The van der Waals surface area contributed by atoms with Gasteiger partial charge in [0, 0.05) is 10.5 Å². The van der Waals surface area contributed by atoms with Gasteiger partial charge >= 0.3 is 0 Å². The van der Waals surface area contributed by atoms with E-state index in [2.05, 4.69) is 27.6 Å². The maximum atomic E-state index is 12.2. The van der Waals surface area contributed by atoms with E-state index in [1.165, 1.54) is 6.42 Å². The minimum absolute atomic E-state index is 0.0763. The highest BCUT2D eigenvalue weighted by atomic mass is 79.9. The number of hydrogen-bond acceptors (Lipinski definition) is 2. The summed E-state index contributed by atoms with van der Waals surface area (Å²) in [7, 11) is -3.38. The lowest BCUT2D eigenvalue weighted by Gasteiger charge is -2.29. The van der Waals surface area contributed by atoms with Gasteiger partial charge in [0.15, 0.2) is 0 Å². The number of nitrogens with one attached hydrogen (secondary N) is 1. The summed E-state index contributed by atoms with van der Waals surface area (Å²) in [5.74, 6) is 0.420. The molecule has 5 heteroatoms. The van der Waals surface area contributed by atoms with Crippen LogP contribution in [0, 0.1) is 5.92 Å². The zero-order chi connectivity index (χ0) is 13.2. The molecule has 0 aromatic heterocycles. The Kier molecular flexibility index (Phi) is 4.45. The van der Waals surface area contributed by atoms with Crippen LogP contribution in [0.3, 0.4) is 0 Å². The van der Waals surface area contributed by atoms with Crippen molar-refractivity contribution in [2.24, 2.45) is 5.92 Å². The molecule has 1 saturated carbocycles. The van der Waals surface area contributed by atoms with Crippen LogP contribution in [0.1, 0.15) is 32.6 Å².